The molecule has 1 aromatic carbocycles. The van der Waals surface area contributed by atoms with Gasteiger partial charge >= 0.3 is 0 Å². The van der Waals surface area contributed by atoms with Crippen molar-refractivity contribution in [1.29, 1.82) is 0 Å². The number of hydrogen-bond donors (Lipinski definition) is 0. The van der Waals surface area contributed by atoms with E-state index in [2.05, 4.69) is 11.8 Å². The van der Waals surface area contributed by atoms with Gasteiger partial charge in [-0.3, -0.25) is 9.69 Å². The van der Waals surface area contributed by atoms with Crippen LogP contribution in [0.1, 0.15) is 43.0 Å². The Balaban J connectivity index is 2.12. The molecule has 17 heavy (non-hydrogen) atoms. The lowest BCUT2D eigenvalue weighted by Crippen LogP contribution is -2.39. The molecule has 92 valence electrons. The Morgan fingerprint density at radius 2 is 1.88 bits per heavy atom. The third-order valence-corrected chi connectivity index (χ3v) is 3.50. The Bertz CT molecular complexity index is 354. The topological polar surface area (TPSA) is 20.3 Å². The molecule has 1 saturated heterocycles. The van der Waals surface area contributed by atoms with Crippen LogP contribution in [0.5, 0.6) is 0 Å². The van der Waals surface area contributed by atoms with Gasteiger partial charge in [-0.05, 0) is 32.4 Å². The Kier molecular flexibility index (Phi) is 4.32. The molecule has 0 saturated carbocycles. The Labute approximate surface area is 104 Å². The fourth-order valence-corrected chi connectivity index (χ4v) is 2.60. The van der Waals surface area contributed by atoms with Gasteiger partial charge in [-0.25, -0.2) is 0 Å². The van der Waals surface area contributed by atoms with Crippen LogP contribution < -0.4 is 0 Å². The molecule has 2 heteroatoms. The summed E-state index contributed by atoms with van der Waals surface area (Å²) < 4.78 is 0. The molecule has 0 aromatic heterocycles. The standard InChI is InChI=1S/C15H21NO/c1-2-8-14(16-11-6-7-12-16)15(17)13-9-4-3-5-10-13/h3-5,9-10,14H,2,6-8,11-12H2,1H3. The molecule has 0 N–H and O–H groups in total. The summed E-state index contributed by atoms with van der Waals surface area (Å²) in [6, 6.07) is 9.81. The summed E-state index contributed by atoms with van der Waals surface area (Å²) in [5.41, 5.74) is 0.859. The van der Waals surface area contributed by atoms with E-state index < -0.39 is 0 Å². The highest BCUT2D eigenvalue weighted by molar-refractivity contribution is 6.00. The number of carbonyl (C=O) groups is 1. The van der Waals surface area contributed by atoms with Crippen LogP contribution in [0.25, 0.3) is 0 Å². The molecule has 0 bridgehead atoms. The van der Waals surface area contributed by atoms with Crippen LogP contribution in [-0.4, -0.2) is 29.8 Å². The lowest BCUT2D eigenvalue weighted by atomic mass is 9.99. The van der Waals surface area contributed by atoms with E-state index >= 15 is 0 Å². The highest BCUT2D eigenvalue weighted by atomic mass is 16.1. The van der Waals surface area contributed by atoms with Gasteiger partial charge in [0.05, 0.1) is 6.04 Å². The highest BCUT2D eigenvalue weighted by Gasteiger charge is 2.27. The van der Waals surface area contributed by atoms with Crippen molar-refractivity contribution < 1.29 is 4.79 Å². The maximum absolute atomic E-state index is 12.5. The van der Waals surface area contributed by atoms with Gasteiger partial charge in [0, 0.05) is 5.56 Å². The van der Waals surface area contributed by atoms with Gasteiger partial charge in [0.1, 0.15) is 0 Å². The zero-order valence-corrected chi connectivity index (χ0v) is 10.6. The fourth-order valence-electron chi connectivity index (χ4n) is 2.60. The summed E-state index contributed by atoms with van der Waals surface area (Å²) >= 11 is 0. The summed E-state index contributed by atoms with van der Waals surface area (Å²) in [5.74, 6) is 0.300. The van der Waals surface area contributed by atoms with E-state index in [-0.39, 0.29) is 6.04 Å². The second kappa shape index (κ2) is 5.97. The molecule has 1 atom stereocenters. The number of hydrogen-bond acceptors (Lipinski definition) is 2. The largest absolute Gasteiger partial charge is 0.293 e. The van der Waals surface area contributed by atoms with E-state index in [9.17, 15) is 4.79 Å². The minimum absolute atomic E-state index is 0.102. The lowest BCUT2D eigenvalue weighted by molar-refractivity contribution is 0.0837. The van der Waals surface area contributed by atoms with Gasteiger partial charge in [0.2, 0.25) is 0 Å². The molecular formula is C15H21NO. The molecule has 0 amide bonds. The molecule has 2 rings (SSSR count). The molecule has 1 aliphatic rings. The van der Waals surface area contributed by atoms with Crippen molar-refractivity contribution in [3.05, 3.63) is 35.9 Å². The van der Waals surface area contributed by atoms with E-state index in [1.807, 2.05) is 30.3 Å². The molecule has 0 aliphatic carbocycles. The number of nitrogens with zero attached hydrogens (tertiary/aromatic N) is 1. The van der Waals surface area contributed by atoms with Crippen LogP contribution in [0.3, 0.4) is 0 Å². The first-order valence-electron chi connectivity index (χ1n) is 6.66. The molecule has 0 spiro atoms. The number of rotatable bonds is 5. The van der Waals surface area contributed by atoms with Gasteiger partial charge in [-0.1, -0.05) is 43.7 Å². The first-order chi connectivity index (χ1) is 8.33. The van der Waals surface area contributed by atoms with E-state index in [1.165, 1.54) is 12.8 Å². The normalized spacial score (nSPS) is 18.2. The molecule has 2 nitrogen and oxygen atoms in total. The van der Waals surface area contributed by atoms with Crippen LogP contribution in [0.15, 0.2) is 30.3 Å². The third-order valence-electron chi connectivity index (χ3n) is 3.50. The van der Waals surface area contributed by atoms with Crippen molar-refractivity contribution in [2.24, 2.45) is 0 Å². The maximum atomic E-state index is 12.5. The molecule has 1 aliphatic heterocycles. The summed E-state index contributed by atoms with van der Waals surface area (Å²) in [4.78, 5) is 14.8. The van der Waals surface area contributed by atoms with Crippen LogP contribution in [-0.2, 0) is 0 Å². The van der Waals surface area contributed by atoms with E-state index in [1.54, 1.807) is 0 Å². The van der Waals surface area contributed by atoms with Crippen LogP contribution in [0.2, 0.25) is 0 Å². The minimum Gasteiger partial charge on any atom is -0.293 e. The maximum Gasteiger partial charge on any atom is 0.179 e. The minimum atomic E-state index is 0.102. The highest BCUT2D eigenvalue weighted by Crippen LogP contribution is 2.19. The quantitative estimate of drug-likeness (QED) is 0.726. The van der Waals surface area contributed by atoms with Crippen molar-refractivity contribution in [2.75, 3.05) is 13.1 Å². The summed E-state index contributed by atoms with van der Waals surface area (Å²) in [7, 11) is 0. The SMILES string of the molecule is CCCC(C(=O)c1ccccc1)N1CCCC1. The smallest absolute Gasteiger partial charge is 0.179 e. The van der Waals surface area contributed by atoms with E-state index in [0.717, 1.165) is 31.5 Å². The predicted molar refractivity (Wildman–Crippen MR) is 70.3 cm³/mol. The van der Waals surface area contributed by atoms with E-state index in [4.69, 9.17) is 0 Å². The van der Waals surface area contributed by atoms with Crippen molar-refractivity contribution >= 4 is 5.78 Å². The molecular weight excluding hydrogens is 210 g/mol. The lowest BCUT2D eigenvalue weighted by Gasteiger charge is -2.26. The number of Topliss-reactive ketones (excluding diaryl/α,β-unsaturated/α-hetero) is 1. The average molecular weight is 231 g/mol. The Hall–Kier alpha value is -1.15. The monoisotopic (exact) mass is 231 g/mol. The Morgan fingerprint density at radius 1 is 1.24 bits per heavy atom. The molecule has 1 fully saturated rings. The summed E-state index contributed by atoms with van der Waals surface area (Å²) in [5, 5.41) is 0. The van der Waals surface area contributed by atoms with Gasteiger partial charge < -0.3 is 0 Å². The third kappa shape index (κ3) is 2.95. The van der Waals surface area contributed by atoms with E-state index in [0.29, 0.717) is 5.78 Å². The Morgan fingerprint density at radius 3 is 2.47 bits per heavy atom. The van der Waals surface area contributed by atoms with Gasteiger partial charge in [0.15, 0.2) is 5.78 Å². The number of ketones is 1. The first kappa shape index (κ1) is 12.3. The molecule has 1 aromatic rings. The summed E-state index contributed by atoms with van der Waals surface area (Å²) in [6.45, 7) is 4.33. The van der Waals surface area contributed by atoms with Crippen LogP contribution in [0.4, 0.5) is 0 Å². The number of likely N-dealkylation sites (tertiary alicyclic amines) is 1. The first-order valence-corrected chi connectivity index (χ1v) is 6.66. The second-order valence-corrected chi connectivity index (χ2v) is 4.78. The van der Waals surface area contributed by atoms with Crippen LogP contribution in [0, 0.1) is 0 Å². The predicted octanol–water partition coefficient (Wildman–Crippen LogP) is 3.13. The van der Waals surface area contributed by atoms with Gasteiger partial charge in [0.25, 0.3) is 0 Å². The van der Waals surface area contributed by atoms with Crippen molar-refractivity contribution in [2.45, 2.75) is 38.6 Å². The number of carbonyl (C=O) groups excluding carboxylic acids is 1. The van der Waals surface area contributed by atoms with Gasteiger partial charge in [-0.15, -0.1) is 0 Å². The molecule has 0 radical (unpaired) electrons. The second-order valence-electron chi connectivity index (χ2n) is 4.78. The van der Waals surface area contributed by atoms with Crippen LogP contribution >= 0.6 is 0 Å². The zero-order chi connectivity index (χ0) is 12.1. The molecule has 1 heterocycles. The summed E-state index contributed by atoms with van der Waals surface area (Å²) in [6.07, 6.45) is 4.53. The van der Waals surface area contributed by atoms with Crippen molar-refractivity contribution in [3.63, 3.8) is 0 Å². The fraction of sp³-hybridized carbons (Fsp3) is 0.533. The molecule has 1 unspecified atom stereocenters. The van der Waals surface area contributed by atoms with Gasteiger partial charge in [-0.2, -0.15) is 0 Å². The van der Waals surface area contributed by atoms with Crippen molar-refractivity contribution in [1.82, 2.24) is 4.90 Å². The van der Waals surface area contributed by atoms with Crippen molar-refractivity contribution in [3.8, 4) is 0 Å². The number of benzene rings is 1. The average Bonchev–Trinajstić information content (AvgIpc) is 2.90. The zero-order valence-electron chi connectivity index (χ0n) is 10.6.